The SMILES string of the molecule is CNC(=O)C1CNCCN1CC(=O)N1CCC(C)CC1. The molecule has 0 aromatic heterocycles. The number of piperazine rings is 1. The van der Waals surface area contributed by atoms with Gasteiger partial charge >= 0.3 is 0 Å². The van der Waals surface area contributed by atoms with Crippen LogP contribution in [-0.2, 0) is 9.59 Å². The van der Waals surface area contributed by atoms with E-state index in [0.29, 0.717) is 13.1 Å². The Hall–Kier alpha value is -1.14. The van der Waals surface area contributed by atoms with Crippen LogP contribution < -0.4 is 10.6 Å². The van der Waals surface area contributed by atoms with Crippen molar-refractivity contribution in [2.75, 3.05) is 46.3 Å². The van der Waals surface area contributed by atoms with E-state index < -0.39 is 0 Å². The standard InChI is InChI=1S/C14H26N4O2/c1-11-3-6-17(7-4-11)13(19)10-18-8-5-16-9-12(18)14(20)15-2/h11-12,16H,3-10H2,1-2H3,(H,15,20). The smallest absolute Gasteiger partial charge is 0.238 e. The lowest BCUT2D eigenvalue weighted by atomic mass is 9.99. The first-order chi connectivity index (χ1) is 9.61. The highest BCUT2D eigenvalue weighted by atomic mass is 16.2. The van der Waals surface area contributed by atoms with Crippen LogP contribution in [0.25, 0.3) is 0 Å². The van der Waals surface area contributed by atoms with Gasteiger partial charge < -0.3 is 15.5 Å². The average molecular weight is 282 g/mol. The van der Waals surface area contributed by atoms with Gasteiger partial charge in [-0.05, 0) is 18.8 Å². The minimum atomic E-state index is -0.235. The lowest BCUT2D eigenvalue weighted by molar-refractivity contribution is -0.136. The topological polar surface area (TPSA) is 64.7 Å². The van der Waals surface area contributed by atoms with Gasteiger partial charge in [0.15, 0.2) is 0 Å². The van der Waals surface area contributed by atoms with Gasteiger partial charge in [0.05, 0.1) is 6.54 Å². The number of hydrogen-bond donors (Lipinski definition) is 2. The molecular weight excluding hydrogens is 256 g/mol. The summed E-state index contributed by atoms with van der Waals surface area (Å²) in [6, 6.07) is -0.235. The zero-order valence-corrected chi connectivity index (χ0v) is 12.5. The lowest BCUT2D eigenvalue weighted by Crippen LogP contribution is -2.59. The molecule has 2 N–H and O–H groups in total. The number of carbonyl (C=O) groups excluding carboxylic acids is 2. The summed E-state index contributed by atoms with van der Waals surface area (Å²) in [6.45, 7) is 6.50. The normalized spacial score (nSPS) is 25.5. The van der Waals surface area contributed by atoms with Crippen molar-refractivity contribution in [3.05, 3.63) is 0 Å². The van der Waals surface area contributed by atoms with Gasteiger partial charge in [-0.2, -0.15) is 0 Å². The summed E-state index contributed by atoms with van der Waals surface area (Å²) in [7, 11) is 1.64. The molecule has 114 valence electrons. The fourth-order valence-corrected chi connectivity index (χ4v) is 2.89. The van der Waals surface area contributed by atoms with Crippen molar-refractivity contribution in [1.82, 2.24) is 20.4 Å². The summed E-state index contributed by atoms with van der Waals surface area (Å²) in [5.41, 5.74) is 0. The van der Waals surface area contributed by atoms with Crippen molar-refractivity contribution in [2.24, 2.45) is 5.92 Å². The molecule has 1 atom stereocenters. The Balaban J connectivity index is 1.89. The Morgan fingerprint density at radius 2 is 1.95 bits per heavy atom. The molecule has 6 nitrogen and oxygen atoms in total. The fraction of sp³-hybridized carbons (Fsp3) is 0.857. The van der Waals surface area contributed by atoms with Crippen molar-refractivity contribution in [1.29, 1.82) is 0 Å². The van der Waals surface area contributed by atoms with Crippen molar-refractivity contribution in [3.63, 3.8) is 0 Å². The van der Waals surface area contributed by atoms with Crippen LogP contribution in [0.2, 0.25) is 0 Å². The van der Waals surface area contributed by atoms with Crippen LogP contribution in [0.5, 0.6) is 0 Å². The Kier molecular flexibility index (Phi) is 5.37. The number of carbonyl (C=O) groups is 2. The second-order valence-corrected chi connectivity index (χ2v) is 5.87. The molecule has 20 heavy (non-hydrogen) atoms. The molecule has 1 unspecified atom stereocenters. The van der Waals surface area contributed by atoms with E-state index in [9.17, 15) is 9.59 Å². The van der Waals surface area contributed by atoms with Gasteiger partial charge in [0.2, 0.25) is 11.8 Å². The van der Waals surface area contributed by atoms with Crippen LogP contribution in [0, 0.1) is 5.92 Å². The van der Waals surface area contributed by atoms with E-state index in [4.69, 9.17) is 0 Å². The second kappa shape index (κ2) is 7.04. The molecule has 0 bridgehead atoms. The van der Waals surface area contributed by atoms with Crippen molar-refractivity contribution in [2.45, 2.75) is 25.8 Å². The Morgan fingerprint density at radius 1 is 1.25 bits per heavy atom. The summed E-state index contributed by atoms with van der Waals surface area (Å²) in [6.07, 6.45) is 2.18. The molecule has 6 heteroatoms. The third-order valence-electron chi connectivity index (χ3n) is 4.38. The molecule has 2 aliphatic heterocycles. The van der Waals surface area contributed by atoms with Gasteiger partial charge in [-0.15, -0.1) is 0 Å². The molecule has 0 saturated carbocycles. The Bertz CT molecular complexity index is 353. The molecule has 0 spiro atoms. The number of likely N-dealkylation sites (tertiary alicyclic amines) is 1. The van der Waals surface area contributed by atoms with Crippen LogP contribution >= 0.6 is 0 Å². The van der Waals surface area contributed by atoms with Gasteiger partial charge in [0.1, 0.15) is 6.04 Å². The van der Waals surface area contributed by atoms with E-state index in [1.807, 2.05) is 9.80 Å². The van der Waals surface area contributed by atoms with Crippen LogP contribution in [0.3, 0.4) is 0 Å². The average Bonchev–Trinajstić information content (AvgIpc) is 2.47. The van der Waals surface area contributed by atoms with Gasteiger partial charge in [0, 0.05) is 39.8 Å². The summed E-state index contributed by atoms with van der Waals surface area (Å²) in [5.74, 6) is 0.863. The third kappa shape index (κ3) is 3.70. The van der Waals surface area contributed by atoms with Crippen molar-refractivity contribution >= 4 is 11.8 Å². The molecule has 2 saturated heterocycles. The number of amides is 2. The number of nitrogens with one attached hydrogen (secondary N) is 2. The number of hydrogen-bond acceptors (Lipinski definition) is 4. The van der Waals surface area contributed by atoms with Crippen LogP contribution in [0.4, 0.5) is 0 Å². The minimum absolute atomic E-state index is 0.0164. The highest BCUT2D eigenvalue weighted by Gasteiger charge is 2.31. The second-order valence-electron chi connectivity index (χ2n) is 5.87. The van der Waals surface area contributed by atoms with E-state index in [1.54, 1.807) is 7.05 Å². The highest BCUT2D eigenvalue weighted by Crippen LogP contribution is 2.16. The minimum Gasteiger partial charge on any atom is -0.358 e. The first-order valence-corrected chi connectivity index (χ1v) is 7.56. The van der Waals surface area contributed by atoms with E-state index in [-0.39, 0.29) is 17.9 Å². The summed E-state index contributed by atoms with van der Waals surface area (Å²) < 4.78 is 0. The van der Waals surface area contributed by atoms with E-state index in [2.05, 4.69) is 17.6 Å². The number of piperidine rings is 1. The lowest BCUT2D eigenvalue weighted by Gasteiger charge is -2.37. The molecule has 2 heterocycles. The molecule has 0 aliphatic carbocycles. The maximum absolute atomic E-state index is 12.4. The Morgan fingerprint density at radius 3 is 2.60 bits per heavy atom. The summed E-state index contributed by atoms with van der Waals surface area (Å²) in [4.78, 5) is 28.2. The molecule has 0 radical (unpaired) electrons. The Labute approximate surface area is 120 Å². The van der Waals surface area contributed by atoms with E-state index in [1.165, 1.54) is 0 Å². The molecule has 2 amide bonds. The van der Waals surface area contributed by atoms with Crippen LogP contribution in [0.15, 0.2) is 0 Å². The molecular formula is C14H26N4O2. The summed E-state index contributed by atoms with van der Waals surface area (Å²) in [5, 5.41) is 5.89. The fourth-order valence-electron chi connectivity index (χ4n) is 2.89. The third-order valence-corrected chi connectivity index (χ3v) is 4.38. The molecule has 2 aliphatic rings. The van der Waals surface area contributed by atoms with Crippen molar-refractivity contribution in [3.8, 4) is 0 Å². The maximum atomic E-state index is 12.4. The first-order valence-electron chi connectivity index (χ1n) is 7.56. The van der Waals surface area contributed by atoms with Crippen LogP contribution in [-0.4, -0.2) is 74.0 Å². The summed E-state index contributed by atoms with van der Waals surface area (Å²) >= 11 is 0. The predicted molar refractivity (Wildman–Crippen MR) is 77.3 cm³/mol. The zero-order valence-electron chi connectivity index (χ0n) is 12.5. The monoisotopic (exact) mass is 282 g/mol. The number of likely N-dealkylation sites (N-methyl/N-ethyl adjacent to an activating group) is 1. The molecule has 0 aromatic carbocycles. The first kappa shape index (κ1) is 15.3. The van der Waals surface area contributed by atoms with E-state index in [0.717, 1.165) is 44.9 Å². The number of rotatable bonds is 3. The predicted octanol–water partition coefficient (Wildman–Crippen LogP) is -0.735. The van der Waals surface area contributed by atoms with Gasteiger partial charge in [-0.25, -0.2) is 0 Å². The molecule has 0 aromatic rings. The van der Waals surface area contributed by atoms with Crippen molar-refractivity contribution < 1.29 is 9.59 Å². The van der Waals surface area contributed by atoms with Gasteiger partial charge in [-0.1, -0.05) is 6.92 Å². The van der Waals surface area contributed by atoms with Gasteiger partial charge in [-0.3, -0.25) is 14.5 Å². The van der Waals surface area contributed by atoms with Gasteiger partial charge in [0.25, 0.3) is 0 Å². The highest BCUT2D eigenvalue weighted by molar-refractivity contribution is 5.84. The number of nitrogens with zero attached hydrogens (tertiary/aromatic N) is 2. The maximum Gasteiger partial charge on any atom is 0.238 e. The quantitative estimate of drug-likeness (QED) is 0.716. The van der Waals surface area contributed by atoms with E-state index >= 15 is 0 Å². The largest absolute Gasteiger partial charge is 0.358 e. The molecule has 2 fully saturated rings. The van der Waals surface area contributed by atoms with Crippen LogP contribution in [0.1, 0.15) is 19.8 Å². The molecule has 2 rings (SSSR count). The zero-order chi connectivity index (χ0) is 14.5.